The first-order valence-corrected chi connectivity index (χ1v) is 9.52. The van der Waals surface area contributed by atoms with Crippen LogP contribution in [0.15, 0.2) is 91.0 Å². The number of nitrogens with zero attached hydrogens (tertiary/aromatic N) is 1. The highest BCUT2D eigenvalue weighted by molar-refractivity contribution is 5.82. The lowest BCUT2D eigenvalue weighted by atomic mass is 10.1. The van der Waals surface area contributed by atoms with Gasteiger partial charge in [0.05, 0.1) is 0 Å². The molecule has 1 atom stereocenters. The molecule has 3 rings (SSSR count). The third kappa shape index (κ3) is 6.21. The van der Waals surface area contributed by atoms with Crippen LogP contribution in [0.2, 0.25) is 0 Å². The summed E-state index contributed by atoms with van der Waals surface area (Å²) in [6, 6.07) is 27.2. The minimum Gasteiger partial charge on any atom is -0.480 e. The zero-order valence-corrected chi connectivity index (χ0v) is 16.1. The van der Waals surface area contributed by atoms with E-state index in [1.807, 2.05) is 91.0 Å². The van der Waals surface area contributed by atoms with E-state index < -0.39 is 18.0 Å². The molecule has 0 aliphatic rings. The van der Waals surface area contributed by atoms with Gasteiger partial charge in [0, 0.05) is 19.5 Å². The summed E-state index contributed by atoms with van der Waals surface area (Å²) in [5.41, 5.74) is 2.82. The number of carbonyl (C=O) groups is 2. The molecule has 0 bridgehead atoms. The minimum atomic E-state index is -1.05. The fourth-order valence-corrected chi connectivity index (χ4v) is 3.10. The van der Waals surface area contributed by atoms with Gasteiger partial charge in [0.15, 0.2) is 0 Å². The van der Waals surface area contributed by atoms with E-state index in [2.05, 4.69) is 5.32 Å². The number of rotatable bonds is 8. The Morgan fingerprint density at radius 2 is 1.14 bits per heavy atom. The highest BCUT2D eigenvalue weighted by Gasteiger charge is 2.24. The second-order valence-electron chi connectivity index (χ2n) is 6.86. The molecule has 2 amide bonds. The maximum Gasteiger partial charge on any atom is 0.326 e. The van der Waals surface area contributed by atoms with Crippen molar-refractivity contribution in [2.24, 2.45) is 0 Å². The van der Waals surface area contributed by atoms with Crippen LogP contribution in [0.25, 0.3) is 0 Å². The van der Waals surface area contributed by atoms with Gasteiger partial charge in [-0.15, -0.1) is 0 Å². The number of nitrogens with one attached hydrogen (secondary N) is 1. The molecular weight excluding hydrogens is 364 g/mol. The van der Waals surface area contributed by atoms with Crippen molar-refractivity contribution in [1.29, 1.82) is 0 Å². The number of hydrogen-bond donors (Lipinski definition) is 2. The molecule has 2 N–H and O–H groups in total. The first-order valence-electron chi connectivity index (χ1n) is 9.52. The van der Waals surface area contributed by atoms with Crippen LogP contribution in [0, 0.1) is 0 Å². The molecular formula is C24H24N2O3. The van der Waals surface area contributed by atoms with Crippen LogP contribution in [-0.4, -0.2) is 28.0 Å². The summed E-state index contributed by atoms with van der Waals surface area (Å²) in [6.07, 6.45) is 0.229. The van der Waals surface area contributed by atoms with Crippen molar-refractivity contribution >= 4 is 12.0 Å². The van der Waals surface area contributed by atoms with Crippen molar-refractivity contribution in [3.05, 3.63) is 108 Å². The highest BCUT2D eigenvalue weighted by atomic mass is 16.4. The van der Waals surface area contributed by atoms with Crippen LogP contribution in [-0.2, 0) is 24.3 Å². The number of hydrogen-bond acceptors (Lipinski definition) is 2. The summed E-state index contributed by atoms with van der Waals surface area (Å²) in [6.45, 7) is 0.776. The first kappa shape index (κ1) is 20.1. The largest absolute Gasteiger partial charge is 0.480 e. The molecule has 0 heterocycles. The van der Waals surface area contributed by atoms with Crippen LogP contribution in [0.1, 0.15) is 16.7 Å². The van der Waals surface area contributed by atoms with Crippen molar-refractivity contribution in [1.82, 2.24) is 10.2 Å². The smallest absolute Gasteiger partial charge is 0.326 e. The second-order valence-corrected chi connectivity index (χ2v) is 6.86. The Kier molecular flexibility index (Phi) is 7.00. The summed E-state index contributed by atoms with van der Waals surface area (Å²) in [5.74, 6) is -1.05. The molecule has 0 radical (unpaired) electrons. The van der Waals surface area contributed by atoms with E-state index in [0.717, 1.165) is 16.7 Å². The van der Waals surface area contributed by atoms with Crippen LogP contribution >= 0.6 is 0 Å². The Morgan fingerprint density at radius 1 is 0.724 bits per heavy atom. The lowest BCUT2D eigenvalue weighted by molar-refractivity contribution is -0.139. The number of benzene rings is 3. The maximum absolute atomic E-state index is 13.0. The molecule has 0 aliphatic carbocycles. The van der Waals surface area contributed by atoms with Gasteiger partial charge in [0.25, 0.3) is 0 Å². The van der Waals surface area contributed by atoms with Crippen molar-refractivity contribution < 1.29 is 14.7 Å². The SMILES string of the molecule is O=C(O)[C@H](Cc1ccccc1)NC(=O)N(Cc1ccccc1)Cc1ccccc1. The number of urea groups is 1. The molecule has 0 unspecified atom stereocenters. The number of carboxylic acids is 1. The van der Waals surface area contributed by atoms with Gasteiger partial charge >= 0.3 is 12.0 Å². The lowest BCUT2D eigenvalue weighted by Crippen LogP contribution is -2.48. The van der Waals surface area contributed by atoms with Crippen LogP contribution in [0.3, 0.4) is 0 Å². The Hall–Kier alpha value is -3.60. The van der Waals surface area contributed by atoms with E-state index in [1.165, 1.54) is 0 Å². The van der Waals surface area contributed by atoms with E-state index in [-0.39, 0.29) is 6.42 Å². The van der Waals surface area contributed by atoms with Crippen LogP contribution < -0.4 is 5.32 Å². The van der Waals surface area contributed by atoms with Gasteiger partial charge in [-0.1, -0.05) is 91.0 Å². The molecule has 0 spiro atoms. The van der Waals surface area contributed by atoms with Crippen molar-refractivity contribution in [2.75, 3.05) is 0 Å². The third-order valence-electron chi connectivity index (χ3n) is 4.60. The van der Waals surface area contributed by atoms with Crippen LogP contribution in [0.4, 0.5) is 4.79 Å². The van der Waals surface area contributed by atoms with Crippen LogP contribution in [0.5, 0.6) is 0 Å². The van der Waals surface area contributed by atoms with Crippen molar-refractivity contribution in [3.63, 3.8) is 0 Å². The molecule has 0 saturated carbocycles. The number of aliphatic carboxylic acids is 1. The fourth-order valence-electron chi connectivity index (χ4n) is 3.10. The first-order chi connectivity index (χ1) is 14.1. The average molecular weight is 388 g/mol. The Balaban J connectivity index is 1.75. The topological polar surface area (TPSA) is 69.6 Å². The number of carbonyl (C=O) groups excluding carboxylic acids is 1. The van der Waals surface area contributed by atoms with Gasteiger partial charge in [-0.2, -0.15) is 0 Å². The molecule has 29 heavy (non-hydrogen) atoms. The van der Waals surface area contributed by atoms with Gasteiger partial charge in [-0.25, -0.2) is 9.59 Å². The van der Waals surface area contributed by atoms with E-state index in [4.69, 9.17) is 0 Å². The maximum atomic E-state index is 13.0. The summed E-state index contributed by atoms with van der Waals surface area (Å²) in [7, 11) is 0. The van der Waals surface area contributed by atoms with E-state index in [0.29, 0.717) is 13.1 Å². The molecule has 0 saturated heterocycles. The summed E-state index contributed by atoms with van der Waals surface area (Å²) >= 11 is 0. The summed E-state index contributed by atoms with van der Waals surface area (Å²) in [5, 5.41) is 12.3. The van der Waals surface area contributed by atoms with E-state index >= 15 is 0 Å². The van der Waals surface area contributed by atoms with Gasteiger partial charge in [-0.3, -0.25) is 0 Å². The summed E-state index contributed by atoms with van der Waals surface area (Å²) in [4.78, 5) is 26.4. The predicted molar refractivity (Wildman–Crippen MR) is 112 cm³/mol. The highest BCUT2D eigenvalue weighted by Crippen LogP contribution is 2.11. The molecule has 5 nitrogen and oxygen atoms in total. The zero-order chi connectivity index (χ0) is 20.5. The molecule has 0 aliphatic heterocycles. The lowest BCUT2D eigenvalue weighted by Gasteiger charge is -2.25. The molecule has 5 heteroatoms. The third-order valence-corrected chi connectivity index (χ3v) is 4.60. The number of amides is 2. The normalized spacial score (nSPS) is 11.4. The molecule has 148 valence electrons. The zero-order valence-electron chi connectivity index (χ0n) is 16.1. The fraction of sp³-hybridized carbons (Fsp3) is 0.167. The van der Waals surface area contributed by atoms with E-state index in [1.54, 1.807) is 4.90 Å². The number of carboxylic acid groups (broad SMARTS) is 1. The molecule has 0 aromatic heterocycles. The molecule has 0 fully saturated rings. The van der Waals surface area contributed by atoms with Gasteiger partial charge < -0.3 is 15.3 Å². The quantitative estimate of drug-likeness (QED) is 0.611. The van der Waals surface area contributed by atoms with Crippen molar-refractivity contribution in [3.8, 4) is 0 Å². The van der Waals surface area contributed by atoms with E-state index in [9.17, 15) is 14.7 Å². The molecule has 3 aromatic carbocycles. The van der Waals surface area contributed by atoms with Gasteiger partial charge in [0.1, 0.15) is 6.04 Å². The van der Waals surface area contributed by atoms with Gasteiger partial charge in [0.2, 0.25) is 0 Å². The minimum absolute atomic E-state index is 0.229. The van der Waals surface area contributed by atoms with Gasteiger partial charge in [-0.05, 0) is 16.7 Å². The summed E-state index contributed by atoms with van der Waals surface area (Å²) < 4.78 is 0. The predicted octanol–water partition coefficient (Wildman–Crippen LogP) is 4.09. The van der Waals surface area contributed by atoms with Crippen molar-refractivity contribution in [2.45, 2.75) is 25.6 Å². The second kappa shape index (κ2) is 10.1. The monoisotopic (exact) mass is 388 g/mol. The Morgan fingerprint density at radius 3 is 1.55 bits per heavy atom. The standard InChI is InChI=1S/C24H24N2O3/c27-23(28)22(16-19-10-4-1-5-11-19)25-24(29)26(17-20-12-6-2-7-13-20)18-21-14-8-3-9-15-21/h1-15,22H,16-18H2,(H,25,29)(H,27,28)/t22-/m0/s1. The Labute approximate surface area is 170 Å². The Bertz CT molecular complexity index is 873. The average Bonchev–Trinajstić information content (AvgIpc) is 2.75. The molecule has 3 aromatic rings.